The van der Waals surface area contributed by atoms with Gasteiger partial charge in [-0.05, 0) is 18.6 Å². The summed E-state index contributed by atoms with van der Waals surface area (Å²) >= 11 is 0. The first-order chi connectivity index (χ1) is 4.72. The van der Waals surface area contributed by atoms with Crippen molar-refractivity contribution in [3.63, 3.8) is 0 Å². The molecule has 4 heteroatoms. The van der Waals surface area contributed by atoms with Gasteiger partial charge in [0.05, 0.1) is 5.56 Å². The fraction of sp³-hybridized carbons (Fsp3) is 0.143. The maximum atomic E-state index is 10.4. The van der Waals surface area contributed by atoms with Crippen LogP contribution in [0.4, 0.5) is 0 Å². The summed E-state index contributed by atoms with van der Waals surface area (Å²) in [4.78, 5) is 14.1. The average Bonchev–Trinajstić information content (AvgIpc) is 1.88. The predicted molar refractivity (Wildman–Crippen MR) is 37.0 cm³/mol. The van der Waals surface area contributed by atoms with Gasteiger partial charge in [-0.2, -0.15) is 0 Å². The van der Waals surface area contributed by atoms with E-state index in [0.29, 0.717) is 0 Å². The molecule has 0 aromatic carbocycles. The molecule has 0 aliphatic carbocycles. The average molecular weight is 161 g/mol. The number of pyridine rings is 1. The third-order valence-corrected chi connectivity index (χ3v) is 1.27. The van der Waals surface area contributed by atoms with Crippen LogP contribution >= 0.6 is 0 Å². The molecule has 54 valence electrons. The molecule has 0 unspecified atom stereocenters. The van der Waals surface area contributed by atoms with Crippen molar-refractivity contribution in [1.82, 2.24) is 4.98 Å². The number of carboxylic acids is 1. The number of carboxylic acid groups (broad SMARTS) is 1. The molecule has 1 N–H and O–H groups in total. The Balaban J connectivity index is 0. The summed E-state index contributed by atoms with van der Waals surface area (Å²) in [6.45, 7) is 1.74. The topological polar surface area (TPSA) is 50.2 Å². The first-order valence-corrected chi connectivity index (χ1v) is 2.85. The molecular weight excluding hydrogens is 153 g/mol. The Kier molecular flexibility index (Phi) is 4.33. The molecule has 3 nitrogen and oxygen atoms in total. The van der Waals surface area contributed by atoms with E-state index in [9.17, 15) is 4.79 Å². The van der Waals surface area contributed by atoms with Gasteiger partial charge >= 0.3 is 35.5 Å². The number of nitrogens with zero attached hydrogens (tertiary/aromatic N) is 1. The summed E-state index contributed by atoms with van der Waals surface area (Å²) in [5.74, 6) is -0.925. The van der Waals surface area contributed by atoms with Gasteiger partial charge in [-0.3, -0.25) is 4.98 Å². The van der Waals surface area contributed by atoms with Gasteiger partial charge in [-0.25, -0.2) is 4.79 Å². The molecule has 0 saturated heterocycles. The Morgan fingerprint density at radius 3 is 2.73 bits per heavy atom. The van der Waals surface area contributed by atoms with Crippen LogP contribution < -0.4 is 29.6 Å². The molecule has 0 aliphatic heterocycles. The van der Waals surface area contributed by atoms with Crippen LogP contribution in [0, 0.1) is 6.92 Å². The summed E-state index contributed by atoms with van der Waals surface area (Å²) in [6, 6.07) is 1.67. The zero-order valence-corrected chi connectivity index (χ0v) is 8.53. The van der Waals surface area contributed by atoms with Crippen molar-refractivity contribution in [2.45, 2.75) is 6.92 Å². The first kappa shape index (κ1) is 10.6. The molecular formula is C7H8NNaO2. The van der Waals surface area contributed by atoms with E-state index in [4.69, 9.17) is 5.11 Å². The van der Waals surface area contributed by atoms with Crippen molar-refractivity contribution in [3.05, 3.63) is 29.6 Å². The van der Waals surface area contributed by atoms with E-state index in [1.807, 2.05) is 0 Å². The predicted octanol–water partition coefficient (Wildman–Crippen LogP) is -1.80. The Hall–Kier alpha value is -0.380. The van der Waals surface area contributed by atoms with Crippen LogP contribution in [0.5, 0.6) is 0 Å². The fourth-order valence-electron chi connectivity index (χ4n) is 0.688. The van der Waals surface area contributed by atoms with E-state index in [1.165, 1.54) is 6.20 Å². The van der Waals surface area contributed by atoms with E-state index >= 15 is 0 Å². The third kappa shape index (κ3) is 2.61. The van der Waals surface area contributed by atoms with Gasteiger partial charge in [0.1, 0.15) is 0 Å². The SMILES string of the molecule is Cc1ccncc1C(=O)O.[H-].[Na+]. The van der Waals surface area contributed by atoms with Crippen LogP contribution in [0.1, 0.15) is 17.3 Å². The number of aryl methyl sites for hydroxylation is 1. The Labute approximate surface area is 88.2 Å². The second-order valence-electron chi connectivity index (χ2n) is 2.00. The van der Waals surface area contributed by atoms with Gasteiger partial charge in [0.15, 0.2) is 0 Å². The molecule has 1 aromatic heterocycles. The van der Waals surface area contributed by atoms with Gasteiger partial charge in [0, 0.05) is 12.4 Å². The number of hydrogen-bond donors (Lipinski definition) is 1. The molecule has 0 spiro atoms. The third-order valence-electron chi connectivity index (χ3n) is 1.27. The second kappa shape index (κ2) is 4.49. The van der Waals surface area contributed by atoms with E-state index in [2.05, 4.69) is 4.98 Å². The number of hydrogen-bond acceptors (Lipinski definition) is 2. The normalized spacial score (nSPS) is 8.45. The molecule has 0 atom stereocenters. The smallest absolute Gasteiger partial charge is 1.00 e. The van der Waals surface area contributed by atoms with Crippen molar-refractivity contribution in [2.75, 3.05) is 0 Å². The maximum absolute atomic E-state index is 10.4. The van der Waals surface area contributed by atoms with Gasteiger partial charge in [0.2, 0.25) is 0 Å². The van der Waals surface area contributed by atoms with Crippen LogP contribution in [0.2, 0.25) is 0 Å². The summed E-state index contributed by atoms with van der Waals surface area (Å²) in [6.07, 6.45) is 2.92. The van der Waals surface area contributed by atoms with Crippen LogP contribution in [-0.4, -0.2) is 16.1 Å². The van der Waals surface area contributed by atoms with Crippen molar-refractivity contribution in [2.24, 2.45) is 0 Å². The summed E-state index contributed by atoms with van der Waals surface area (Å²) in [7, 11) is 0. The van der Waals surface area contributed by atoms with E-state index in [-0.39, 0.29) is 36.5 Å². The molecule has 0 bridgehead atoms. The minimum Gasteiger partial charge on any atom is -1.00 e. The quantitative estimate of drug-likeness (QED) is 0.495. The second-order valence-corrected chi connectivity index (χ2v) is 2.00. The monoisotopic (exact) mass is 161 g/mol. The zero-order chi connectivity index (χ0) is 7.56. The van der Waals surface area contributed by atoms with Crippen molar-refractivity contribution in [1.29, 1.82) is 0 Å². The number of aromatic nitrogens is 1. The summed E-state index contributed by atoms with van der Waals surface area (Å²) < 4.78 is 0. The summed E-state index contributed by atoms with van der Waals surface area (Å²) in [5, 5.41) is 8.53. The van der Waals surface area contributed by atoms with E-state index in [1.54, 1.807) is 19.2 Å². The molecule has 1 rings (SSSR count). The van der Waals surface area contributed by atoms with Gasteiger partial charge in [0.25, 0.3) is 0 Å². The molecule has 0 amide bonds. The molecule has 0 aliphatic rings. The minimum absolute atomic E-state index is 0. The summed E-state index contributed by atoms with van der Waals surface area (Å²) in [5.41, 5.74) is 1.00. The fourth-order valence-corrected chi connectivity index (χ4v) is 0.688. The minimum atomic E-state index is -0.925. The van der Waals surface area contributed by atoms with Crippen LogP contribution in [0.25, 0.3) is 0 Å². The molecule has 0 fully saturated rings. The molecule has 0 radical (unpaired) electrons. The van der Waals surface area contributed by atoms with E-state index < -0.39 is 5.97 Å². The van der Waals surface area contributed by atoms with E-state index in [0.717, 1.165) is 5.56 Å². The van der Waals surface area contributed by atoms with Gasteiger partial charge in [-0.1, -0.05) is 0 Å². The van der Waals surface area contributed by atoms with Crippen LogP contribution in [0.3, 0.4) is 0 Å². The molecule has 1 heterocycles. The van der Waals surface area contributed by atoms with Crippen LogP contribution in [-0.2, 0) is 0 Å². The van der Waals surface area contributed by atoms with Crippen molar-refractivity contribution >= 4 is 5.97 Å². The first-order valence-electron chi connectivity index (χ1n) is 2.85. The number of rotatable bonds is 1. The number of aromatic carboxylic acids is 1. The Morgan fingerprint density at radius 1 is 1.73 bits per heavy atom. The molecule has 11 heavy (non-hydrogen) atoms. The van der Waals surface area contributed by atoms with Crippen molar-refractivity contribution in [3.8, 4) is 0 Å². The van der Waals surface area contributed by atoms with Crippen LogP contribution in [0.15, 0.2) is 18.5 Å². The number of carbonyl (C=O) groups is 1. The Bertz CT molecular complexity index is 267. The Morgan fingerprint density at radius 2 is 2.36 bits per heavy atom. The molecule has 1 aromatic rings. The largest absolute Gasteiger partial charge is 1.00 e. The zero-order valence-electron chi connectivity index (χ0n) is 7.53. The van der Waals surface area contributed by atoms with Gasteiger partial charge < -0.3 is 6.53 Å². The van der Waals surface area contributed by atoms with Gasteiger partial charge in [-0.15, -0.1) is 0 Å². The maximum Gasteiger partial charge on any atom is 1.00 e. The van der Waals surface area contributed by atoms with Crippen molar-refractivity contribution < 1.29 is 40.9 Å². The molecule has 0 saturated carbocycles. The standard InChI is InChI=1S/C7H7NO2.Na.H/c1-5-2-3-8-4-6(5)7(9)10;;/h2-4H,1H3,(H,9,10);;/q;+1;-1.